The van der Waals surface area contributed by atoms with Crippen molar-refractivity contribution in [2.75, 3.05) is 13.1 Å². The van der Waals surface area contributed by atoms with Crippen LogP contribution in [0.5, 0.6) is 0 Å². The normalized spacial score (nSPS) is 13.9. The molecule has 0 atom stereocenters. The SMILES string of the molecule is O=C(Cc1ccc(CCCCc2ccccc2)cc1)NOC(=O)CCC1CCN(C(=O)O)CC1. The predicted molar refractivity (Wildman–Crippen MR) is 129 cm³/mol. The van der Waals surface area contributed by atoms with E-state index in [1.54, 1.807) is 0 Å². The van der Waals surface area contributed by atoms with E-state index < -0.39 is 12.1 Å². The molecule has 1 heterocycles. The van der Waals surface area contributed by atoms with Crippen molar-refractivity contribution in [3.05, 3.63) is 71.3 Å². The van der Waals surface area contributed by atoms with E-state index >= 15 is 0 Å². The molecular weight excluding hydrogens is 432 g/mol. The molecule has 0 aliphatic carbocycles. The molecule has 7 heteroatoms. The zero-order valence-corrected chi connectivity index (χ0v) is 19.6. The standard InChI is InChI=1S/C27H34N2O5/c30-25(28-34-26(31)15-14-23-16-18-29(19-17-23)27(32)33)20-24-12-10-22(11-13-24)9-5-4-8-21-6-2-1-3-7-21/h1-3,6-7,10-13,23H,4-5,8-9,14-20H2,(H,28,30)(H,32,33). The Kier molecular flexibility index (Phi) is 9.95. The first-order chi connectivity index (χ1) is 16.5. The van der Waals surface area contributed by atoms with Gasteiger partial charge in [0.1, 0.15) is 0 Å². The number of carboxylic acid groups (broad SMARTS) is 1. The van der Waals surface area contributed by atoms with Gasteiger partial charge < -0.3 is 14.8 Å². The molecule has 0 bridgehead atoms. The first-order valence-electron chi connectivity index (χ1n) is 12.1. The number of carbonyl (C=O) groups excluding carboxylic acids is 2. The highest BCUT2D eigenvalue weighted by Crippen LogP contribution is 2.22. The monoisotopic (exact) mass is 466 g/mol. The number of likely N-dealkylation sites (tertiary alicyclic amines) is 1. The number of aryl methyl sites for hydroxylation is 2. The van der Waals surface area contributed by atoms with E-state index in [1.807, 2.05) is 30.3 Å². The van der Waals surface area contributed by atoms with Crippen LogP contribution in [0.15, 0.2) is 54.6 Å². The van der Waals surface area contributed by atoms with Crippen LogP contribution >= 0.6 is 0 Å². The molecule has 3 rings (SSSR count). The molecule has 2 aromatic carbocycles. The summed E-state index contributed by atoms with van der Waals surface area (Å²) in [7, 11) is 0. The van der Waals surface area contributed by atoms with Crippen LogP contribution in [0.25, 0.3) is 0 Å². The number of piperidine rings is 1. The van der Waals surface area contributed by atoms with E-state index in [4.69, 9.17) is 9.94 Å². The van der Waals surface area contributed by atoms with Crippen molar-refractivity contribution >= 4 is 18.0 Å². The summed E-state index contributed by atoms with van der Waals surface area (Å²) < 4.78 is 0. The highest BCUT2D eigenvalue weighted by Gasteiger charge is 2.23. The lowest BCUT2D eigenvalue weighted by Gasteiger charge is -2.29. The molecule has 0 saturated carbocycles. The number of hydroxylamine groups is 1. The van der Waals surface area contributed by atoms with E-state index in [0.29, 0.717) is 25.4 Å². The van der Waals surface area contributed by atoms with E-state index in [2.05, 4.69) is 29.7 Å². The Morgan fingerprint density at radius 1 is 0.882 bits per heavy atom. The third-order valence-electron chi connectivity index (χ3n) is 6.33. The van der Waals surface area contributed by atoms with Crippen molar-refractivity contribution < 1.29 is 24.3 Å². The third kappa shape index (κ3) is 8.89. The number of nitrogens with one attached hydrogen (secondary N) is 1. The van der Waals surface area contributed by atoms with Gasteiger partial charge in [-0.2, -0.15) is 5.48 Å². The van der Waals surface area contributed by atoms with Crippen molar-refractivity contribution in [2.24, 2.45) is 5.92 Å². The molecule has 0 radical (unpaired) electrons. The molecule has 34 heavy (non-hydrogen) atoms. The second-order valence-electron chi connectivity index (χ2n) is 8.94. The summed E-state index contributed by atoms with van der Waals surface area (Å²) in [4.78, 5) is 41.3. The lowest BCUT2D eigenvalue weighted by atomic mass is 9.92. The van der Waals surface area contributed by atoms with Crippen LogP contribution in [-0.2, 0) is 33.7 Å². The minimum absolute atomic E-state index is 0.148. The van der Waals surface area contributed by atoms with Gasteiger partial charge in [0.25, 0.3) is 5.91 Å². The average Bonchev–Trinajstić information content (AvgIpc) is 2.86. The Labute approximate surface area is 201 Å². The molecule has 0 unspecified atom stereocenters. The van der Waals surface area contributed by atoms with Crippen molar-refractivity contribution in [3.8, 4) is 0 Å². The van der Waals surface area contributed by atoms with Crippen molar-refractivity contribution in [1.82, 2.24) is 10.4 Å². The van der Waals surface area contributed by atoms with Crippen molar-refractivity contribution in [1.29, 1.82) is 0 Å². The molecule has 1 aliphatic heterocycles. The van der Waals surface area contributed by atoms with E-state index in [0.717, 1.165) is 44.1 Å². The summed E-state index contributed by atoms with van der Waals surface area (Å²) in [6, 6.07) is 18.5. The van der Waals surface area contributed by atoms with Crippen molar-refractivity contribution in [3.63, 3.8) is 0 Å². The van der Waals surface area contributed by atoms with Crippen LogP contribution in [0.4, 0.5) is 4.79 Å². The fourth-order valence-corrected chi connectivity index (χ4v) is 4.25. The molecule has 182 valence electrons. The molecule has 2 N–H and O–H groups in total. The Balaban J connectivity index is 1.27. The Bertz CT molecular complexity index is 922. The fourth-order valence-electron chi connectivity index (χ4n) is 4.25. The maximum atomic E-state index is 12.1. The lowest BCUT2D eigenvalue weighted by molar-refractivity contribution is -0.158. The van der Waals surface area contributed by atoms with Gasteiger partial charge in [0.05, 0.1) is 6.42 Å². The van der Waals surface area contributed by atoms with Gasteiger partial charge in [0, 0.05) is 19.5 Å². The largest absolute Gasteiger partial charge is 0.465 e. The summed E-state index contributed by atoms with van der Waals surface area (Å²) in [6.45, 7) is 0.997. The summed E-state index contributed by atoms with van der Waals surface area (Å²) in [5.74, 6) is -0.533. The minimum Gasteiger partial charge on any atom is -0.465 e. The van der Waals surface area contributed by atoms with Crippen LogP contribution in [-0.4, -0.2) is 41.1 Å². The number of hydrogen-bond acceptors (Lipinski definition) is 4. The van der Waals surface area contributed by atoms with Gasteiger partial charge in [0.2, 0.25) is 0 Å². The summed E-state index contributed by atoms with van der Waals surface area (Å²) in [6.07, 6.45) is 5.93. The number of carbonyl (C=O) groups is 3. The molecule has 1 fully saturated rings. The number of rotatable bonds is 10. The maximum absolute atomic E-state index is 12.1. The molecule has 1 saturated heterocycles. The van der Waals surface area contributed by atoms with E-state index in [1.165, 1.54) is 16.0 Å². The van der Waals surface area contributed by atoms with E-state index in [9.17, 15) is 14.4 Å². The third-order valence-corrected chi connectivity index (χ3v) is 6.33. The maximum Gasteiger partial charge on any atom is 0.407 e. The number of benzene rings is 2. The quantitative estimate of drug-likeness (QED) is 0.396. The minimum atomic E-state index is -0.894. The summed E-state index contributed by atoms with van der Waals surface area (Å²) in [5.41, 5.74) is 5.72. The smallest absolute Gasteiger partial charge is 0.407 e. The van der Waals surface area contributed by atoms with Crippen LogP contribution in [0.1, 0.15) is 55.2 Å². The van der Waals surface area contributed by atoms with Gasteiger partial charge in [-0.25, -0.2) is 9.59 Å². The zero-order valence-electron chi connectivity index (χ0n) is 19.6. The highest BCUT2D eigenvalue weighted by atomic mass is 16.7. The van der Waals surface area contributed by atoms with Gasteiger partial charge in [-0.15, -0.1) is 0 Å². The fraction of sp³-hybridized carbons (Fsp3) is 0.444. The number of amides is 2. The van der Waals surface area contributed by atoms with Gasteiger partial charge >= 0.3 is 12.1 Å². The topological polar surface area (TPSA) is 95.9 Å². The molecule has 2 amide bonds. The van der Waals surface area contributed by atoms with Crippen LogP contribution in [0.2, 0.25) is 0 Å². The number of hydrogen-bond donors (Lipinski definition) is 2. The van der Waals surface area contributed by atoms with Gasteiger partial charge in [-0.1, -0.05) is 54.6 Å². The lowest BCUT2D eigenvalue weighted by Crippen LogP contribution is -2.37. The molecular formula is C27H34N2O5. The predicted octanol–water partition coefficient (Wildman–Crippen LogP) is 4.54. The highest BCUT2D eigenvalue weighted by molar-refractivity contribution is 5.79. The van der Waals surface area contributed by atoms with Gasteiger partial charge in [0.15, 0.2) is 0 Å². The first kappa shape index (κ1) is 25.3. The first-order valence-corrected chi connectivity index (χ1v) is 12.1. The van der Waals surface area contributed by atoms with E-state index in [-0.39, 0.29) is 18.7 Å². The van der Waals surface area contributed by atoms with Crippen LogP contribution in [0.3, 0.4) is 0 Å². The van der Waals surface area contributed by atoms with Crippen LogP contribution in [0, 0.1) is 5.92 Å². The zero-order chi connectivity index (χ0) is 24.2. The molecule has 7 nitrogen and oxygen atoms in total. The summed E-state index contributed by atoms with van der Waals surface area (Å²) in [5, 5.41) is 8.98. The van der Waals surface area contributed by atoms with Gasteiger partial charge in [-0.3, -0.25) is 4.79 Å². The summed E-state index contributed by atoms with van der Waals surface area (Å²) >= 11 is 0. The number of unbranched alkanes of at least 4 members (excludes halogenated alkanes) is 1. The molecule has 0 aromatic heterocycles. The molecule has 2 aromatic rings. The molecule has 1 aliphatic rings. The Morgan fingerprint density at radius 2 is 1.47 bits per heavy atom. The van der Waals surface area contributed by atoms with Gasteiger partial charge in [-0.05, 0) is 67.6 Å². The second kappa shape index (κ2) is 13.4. The van der Waals surface area contributed by atoms with Crippen molar-refractivity contribution in [2.45, 2.75) is 57.8 Å². The number of nitrogens with zero attached hydrogens (tertiary/aromatic N) is 1. The Hall–Kier alpha value is -3.35. The average molecular weight is 467 g/mol. The second-order valence-corrected chi connectivity index (χ2v) is 8.94. The van der Waals surface area contributed by atoms with Crippen LogP contribution < -0.4 is 5.48 Å². The molecule has 0 spiro atoms. The Morgan fingerprint density at radius 3 is 2.09 bits per heavy atom.